The van der Waals surface area contributed by atoms with Crippen molar-refractivity contribution in [3.63, 3.8) is 0 Å². The molecule has 0 unspecified atom stereocenters. The zero-order valence-corrected chi connectivity index (χ0v) is 11.1. The van der Waals surface area contributed by atoms with E-state index in [1.165, 1.54) is 0 Å². The first-order valence-electron chi connectivity index (χ1n) is 6.57. The van der Waals surface area contributed by atoms with Crippen LogP contribution in [-0.2, 0) is 5.41 Å². The van der Waals surface area contributed by atoms with Gasteiger partial charge in [-0.3, -0.25) is 4.57 Å². The summed E-state index contributed by atoms with van der Waals surface area (Å²) in [5, 5.41) is 7.63. The lowest BCUT2D eigenvalue weighted by Crippen LogP contribution is -2.43. The summed E-state index contributed by atoms with van der Waals surface area (Å²) in [5.41, 5.74) is 6.90. The van der Waals surface area contributed by atoms with Crippen molar-refractivity contribution >= 4 is 5.69 Å². The van der Waals surface area contributed by atoms with Crippen LogP contribution in [0.5, 0.6) is 0 Å². The van der Waals surface area contributed by atoms with Gasteiger partial charge in [-0.1, -0.05) is 19.1 Å². The van der Waals surface area contributed by atoms with Gasteiger partial charge in [-0.25, -0.2) is 0 Å². The minimum Gasteiger partial charge on any atom is -0.399 e. The van der Waals surface area contributed by atoms with E-state index in [0.29, 0.717) is 17.4 Å². The molecular formula is C14H16F2N4. The molecule has 0 spiro atoms. The van der Waals surface area contributed by atoms with E-state index >= 15 is 0 Å². The van der Waals surface area contributed by atoms with Gasteiger partial charge in [0.15, 0.2) is 0 Å². The quantitative estimate of drug-likeness (QED) is 0.878. The number of aromatic nitrogens is 3. The van der Waals surface area contributed by atoms with Gasteiger partial charge in [-0.2, -0.15) is 8.78 Å². The molecule has 3 rings (SSSR count). The molecular weight excluding hydrogens is 262 g/mol. The highest BCUT2D eigenvalue weighted by Gasteiger charge is 2.49. The molecule has 1 aromatic carbocycles. The summed E-state index contributed by atoms with van der Waals surface area (Å²) in [6.45, 7) is -0.526. The van der Waals surface area contributed by atoms with Crippen molar-refractivity contribution in [2.75, 3.05) is 5.73 Å². The van der Waals surface area contributed by atoms with Gasteiger partial charge in [-0.15, -0.1) is 10.2 Å². The Hall–Kier alpha value is -1.98. The fourth-order valence-corrected chi connectivity index (χ4v) is 3.24. The summed E-state index contributed by atoms with van der Waals surface area (Å²) in [7, 11) is 0. The summed E-state index contributed by atoms with van der Waals surface area (Å²) in [4.78, 5) is 0. The van der Waals surface area contributed by atoms with Crippen LogP contribution in [0.15, 0.2) is 30.6 Å². The Kier molecular flexibility index (Phi) is 2.96. The number of benzene rings is 1. The van der Waals surface area contributed by atoms with Crippen LogP contribution < -0.4 is 5.73 Å². The van der Waals surface area contributed by atoms with Gasteiger partial charge in [0, 0.05) is 5.69 Å². The Labute approximate surface area is 115 Å². The highest BCUT2D eigenvalue weighted by Crippen LogP contribution is 2.52. The predicted molar refractivity (Wildman–Crippen MR) is 71.3 cm³/mol. The Morgan fingerprint density at radius 3 is 2.75 bits per heavy atom. The minimum atomic E-state index is -2.63. The number of alkyl halides is 2. The van der Waals surface area contributed by atoms with Crippen molar-refractivity contribution < 1.29 is 8.78 Å². The fraction of sp³-hybridized carbons (Fsp3) is 0.429. The van der Waals surface area contributed by atoms with Crippen LogP contribution in [0, 0.1) is 5.92 Å². The highest BCUT2D eigenvalue weighted by atomic mass is 19.3. The van der Waals surface area contributed by atoms with E-state index in [0.717, 1.165) is 29.3 Å². The first-order valence-corrected chi connectivity index (χ1v) is 6.57. The van der Waals surface area contributed by atoms with Crippen molar-refractivity contribution in [2.24, 2.45) is 5.92 Å². The molecule has 1 aromatic heterocycles. The van der Waals surface area contributed by atoms with Crippen LogP contribution in [0.25, 0.3) is 0 Å². The van der Waals surface area contributed by atoms with Crippen molar-refractivity contribution in [3.8, 4) is 0 Å². The van der Waals surface area contributed by atoms with E-state index in [-0.39, 0.29) is 0 Å². The molecule has 2 aromatic rings. The molecule has 0 amide bonds. The molecule has 0 aliphatic heterocycles. The maximum atomic E-state index is 13.1. The third kappa shape index (κ3) is 1.87. The number of halogens is 2. The molecule has 0 radical (unpaired) electrons. The van der Waals surface area contributed by atoms with Crippen LogP contribution in [0.1, 0.15) is 37.7 Å². The molecule has 106 valence electrons. The summed E-state index contributed by atoms with van der Waals surface area (Å²) >= 11 is 0. The first kappa shape index (κ1) is 13.0. The fourth-order valence-electron chi connectivity index (χ4n) is 3.24. The van der Waals surface area contributed by atoms with Gasteiger partial charge in [0.05, 0.1) is 5.41 Å². The van der Waals surface area contributed by atoms with Gasteiger partial charge < -0.3 is 5.73 Å². The monoisotopic (exact) mass is 278 g/mol. The minimum absolute atomic E-state index is 0.330. The van der Waals surface area contributed by atoms with Crippen LogP contribution in [-0.4, -0.2) is 14.8 Å². The zero-order chi connectivity index (χ0) is 14.3. The Morgan fingerprint density at radius 2 is 2.15 bits per heavy atom. The number of nitrogen functional groups attached to an aromatic ring is 1. The molecule has 1 aliphatic carbocycles. The number of hydrogen-bond donors (Lipinski definition) is 1. The van der Waals surface area contributed by atoms with E-state index in [1.54, 1.807) is 6.07 Å². The molecule has 0 saturated heterocycles. The van der Waals surface area contributed by atoms with Gasteiger partial charge >= 0.3 is 6.55 Å². The highest BCUT2D eigenvalue weighted by molar-refractivity contribution is 5.47. The van der Waals surface area contributed by atoms with Crippen molar-refractivity contribution in [2.45, 2.75) is 31.7 Å². The summed E-state index contributed by atoms with van der Waals surface area (Å²) in [6.07, 6.45) is 2.65. The summed E-state index contributed by atoms with van der Waals surface area (Å²) in [5.74, 6) is 0.801. The van der Waals surface area contributed by atoms with Crippen molar-refractivity contribution in [1.82, 2.24) is 14.8 Å². The second-order valence-corrected chi connectivity index (χ2v) is 5.56. The van der Waals surface area contributed by atoms with Crippen LogP contribution in [0.4, 0.5) is 14.5 Å². The Bertz CT molecular complexity index is 617. The molecule has 2 N–H and O–H groups in total. The molecule has 1 aliphatic rings. The number of nitrogens with two attached hydrogens (primary N) is 1. The number of anilines is 1. The number of hydrogen-bond acceptors (Lipinski definition) is 3. The maximum absolute atomic E-state index is 13.1. The summed E-state index contributed by atoms with van der Waals surface area (Å²) in [6, 6.07) is 7.40. The number of nitrogens with zero attached hydrogens (tertiary/aromatic N) is 3. The molecule has 1 heterocycles. The molecule has 20 heavy (non-hydrogen) atoms. The smallest absolute Gasteiger partial charge is 0.321 e. The van der Waals surface area contributed by atoms with E-state index in [4.69, 9.17) is 5.73 Å². The van der Waals surface area contributed by atoms with Crippen molar-refractivity contribution in [1.29, 1.82) is 0 Å². The van der Waals surface area contributed by atoms with Gasteiger partial charge in [0.1, 0.15) is 12.2 Å². The lowest BCUT2D eigenvalue weighted by molar-refractivity contribution is 0.0556. The second-order valence-electron chi connectivity index (χ2n) is 5.56. The summed E-state index contributed by atoms with van der Waals surface area (Å²) < 4.78 is 27.1. The molecule has 0 bridgehead atoms. The average Bonchev–Trinajstić information content (AvgIpc) is 2.84. The predicted octanol–water partition coefficient (Wildman–Crippen LogP) is 2.97. The SMILES string of the molecule is CC1CC(c2cccc(N)c2)(c2nncn2C(F)F)C1. The molecule has 1 fully saturated rings. The van der Waals surface area contributed by atoms with E-state index in [1.807, 2.05) is 18.2 Å². The Balaban J connectivity index is 2.11. The first-order chi connectivity index (χ1) is 9.53. The van der Waals surface area contributed by atoms with E-state index < -0.39 is 12.0 Å². The molecule has 6 heteroatoms. The topological polar surface area (TPSA) is 56.7 Å². The third-order valence-electron chi connectivity index (χ3n) is 4.04. The normalized spacial score (nSPS) is 25.7. The molecule has 1 saturated carbocycles. The number of rotatable bonds is 3. The Morgan fingerprint density at radius 1 is 1.40 bits per heavy atom. The molecule has 4 nitrogen and oxygen atoms in total. The maximum Gasteiger partial charge on any atom is 0.321 e. The van der Waals surface area contributed by atoms with Gasteiger partial charge in [-0.05, 0) is 36.5 Å². The third-order valence-corrected chi connectivity index (χ3v) is 4.04. The van der Waals surface area contributed by atoms with Crippen LogP contribution in [0.3, 0.4) is 0 Å². The van der Waals surface area contributed by atoms with Gasteiger partial charge in [0.2, 0.25) is 0 Å². The van der Waals surface area contributed by atoms with Gasteiger partial charge in [0.25, 0.3) is 0 Å². The lowest BCUT2D eigenvalue weighted by atomic mass is 9.58. The average molecular weight is 278 g/mol. The zero-order valence-electron chi connectivity index (χ0n) is 11.1. The van der Waals surface area contributed by atoms with E-state index in [9.17, 15) is 8.78 Å². The molecule has 0 atom stereocenters. The van der Waals surface area contributed by atoms with Crippen LogP contribution >= 0.6 is 0 Å². The largest absolute Gasteiger partial charge is 0.399 e. The van der Waals surface area contributed by atoms with E-state index in [2.05, 4.69) is 17.1 Å². The van der Waals surface area contributed by atoms with Crippen molar-refractivity contribution in [3.05, 3.63) is 42.0 Å². The lowest BCUT2D eigenvalue weighted by Gasteiger charge is -2.46. The second kappa shape index (κ2) is 4.54. The van der Waals surface area contributed by atoms with Crippen LogP contribution in [0.2, 0.25) is 0 Å². The standard InChI is InChI=1S/C14H16F2N4/c1-9-6-14(7-9,10-3-2-4-11(17)5-10)12-19-18-8-20(12)13(15)16/h2-5,8-9,13H,6-7,17H2,1H3.